The van der Waals surface area contributed by atoms with Gasteiger partial charge in [0.1, 0.15) is 10.8 Å². The highest BCUT2D eigenvalue weighted by atomic mass is 32.1. The number of benzene rings is 3. The molecule has 0 fully saturated rings. The Morgan fingerprint density at radius 1 is 0.938 bits per heavy atom. The Morgan fingerprint density at radius 2 is 1.72 bits per heavy atom. The molecule has 2 aromatic heterocycles. The molecule has 0 atom stereocenters. The maximum Gasteiger partial charge on any atom is 0.259 e. The maximum atomic E-state index is 13.1. The lowest BCUT2D eigenvalue weighted by Crippen LogP contribution is -2.15. The Morgan fingerprint density at radius 3 is 2.44 bits per heavy atom. The van der Waals surface area contributed by atoms with Crippen molar-refractivity contribution in [2.45, 2.75) is 6.92 Å². The number of thiazole rings is 1. The molecule has 0 aliphatic heterocycles. The van der Waals surface area contributed by atoms with Gasteiger partial charge in [-0.25, -0.2) is 4.98 Å². The third-order valence-electron chi connectivity index (χ3n) is 5.25. The molecule has 156 valence electrons. The maximum absolute atomic E-state index is 13.1. The van der Waals surface area contributed by atoms with Crippen LogP contribution in [0.15, 0.2) is 93.6 Å². The fourth-order valence-electron chi connectivity index (χ4n) is 3.61. The van der Waals surface area contributed by atoms with Gasteiger partial charge < -0.3 is 9.73 Å². The van der Waals surface area contributed by atoms with Crippen LogP contribution in [0.5, 0.6) is 0 Å². The minimum absolute atomic E-state index is 0.146. The fraction of sp³-hybridized carbons (Fsp3) is 0.0385. The lowest BCUT2D eigenvalue weighted by molar-refractivity contribution is 0.102. The molecule has 5 aromatic rings. The molecular formula is C26H18N2O3S. The van der Waals surface area contributed by atoms with Crippen LogP contribution in [0.25, 0.3) is 32.9 Å². The number of hydrogen-bond acceptors (Lipinski definition) is 5. The van der Waals surface area contributed by atoms with Gasteiger partial charge in [-0.15, -0.1) is 11.3 Å². The Hall–Kier alpha value is -4.03. The number of amides is 1. The van der Waals surface area contributed by atoms with Crippen LogP contribution in [0, 0.1) is 6.92 Å². The van der Waals surface area contributed by atoms with Crippen molar-refractivity contribution in [3.8, 4) is 21.9 Å². The van der Waals surface area contributed by atoms with E-state index in [-0.39, 0.29) is 16.9 Å². The van der Waals surface area contributed by atoms with Crippen LogP contribution in [0.2, 0.25) is 0 Å². The molecule has 2 heterocycles. The second kappa shape index (κ2) is 8.24. The van der Waals surface area contributed by atoms with Crippen LogP contribution in [-0.2, 0) is 0 Å². The van der Waals surface area contributed by atoms with Crippen LogP contribution < -0.4 is 10.7 Å². The molecule has 0 aliphatic carbocycles. The molecule has 0 aliphatic rings. The summed E-state index contributed by atoms with van der Waals surface area (Å²) in [6.45, 7) is 1.74. The zero-order valence-corrected chi connectivity index (χ0v) is 18.0. The number of rotatable bonds is 4. The van der Waals surface area contributed by atoms with Crippen molar-refractivity contribution in [2.75, 3.05) is 5.32 Å². The van der Waals surface area contributed by atoms with E-state index in [1.807, 2.05) is 60.0 Å². The summed E-state index contributed by atoms with van der Waals surface area (Å²) in [7, 11) is 0. The monoisotopic (exact) mass is 438 g/mol. The molecule has 0 saturated carbocycles. The first-order valence-electron chi connectivity index (χ1n) is 10.0. The second-order valence-corrected chi connectivity index (χ2v) is 8.20. The molecule has 1 N–H and O–H groups in total. The quantitative estimate of drug-likeness (QED) is 0.366. The average molecular weight is 439 g/mol. The van der Waals surface area contributed by atoms with Gasteiger partial charge in [0.15, 0.2) is 11.0 Å². The zero-order chi connectivity index (χ0) is 22.1. The summed E-state index contributed by atoms with van der Waals surface area (Å²) in [4.78, 5) is 30.4. The van der Waals surface area contributed by atoms with Gasteiger partial charge in [0.05, 0.1) is 10.9 Å². The molecule has 0 radical (unpaired) electrons. The van der Waals surface area contributed by atoms with E-state index < -0.39 is 0 Å². The van der Waals surface area contributed by atoms with Crippen molar-refractivity contribution in [3.63, 3.8) is 0 Å². The summed E-state index contributed by atoms with van der Waals surface area (Å²) in [5.41, 5.74) is 3.37. The molecule has 32 heavy (non-hydrogen) atoms. The predicted octanol–water partition coefficient (Wildman–Crippen LogP) is 6.14. The number of fused-ring (bicyclic) bond motifs is 1. The third-order valence-corrected chi connectivity index (χ3v) is 6.07. The number of nitrogens with zero attached hydrogens (tertiary/aromatic N) is 1. The fourth-order valence-corrected chi connectivity index (χ4v) is 4.26. The van der Waals surface area contributed by atoms with Crippen molar-refractivity contribution in [2.24, 2.45) is 0 Å². The smallest absolute Gasteiger partial charge is 0.259 e. The second-order valence-electron chi connectivity index (χ2n) is 7.30. The van der Waals surface area contributed by atoms with E-state index in [0.29, 0.717) is 28.0 Å². The highest BCUT2D eigenvalue weighted by Gasteiger charge is 2.18. The number of carbonyl (C=O) groups excluding carboxylic acids is 1. The number of carbonyl (C=O) groups is 1. The van der Waals surface area contributed by atoms with Crippen LogP contribution in [0.4, 0.5) is 5.69 Å². The van der Waals surface area contributed by atoms with E-state index in [1.165, 1.54) is 0 Å². The lowest BCUT2D eigenvalue weighted by atomic mass is 10.0. The van der Waals surface area contributed by atoms with E-state index in [2.05, 4.69) is 10.3 Å². The van der Waals surface area contributed by atoms with Crippen LogP contribution in [0.1, 0.15) is 15.9 Å². The molecule has 6 heteroatoms. The topological polar surface area (TPSA) is 72.2 Å². The standard InChI is InChI=1S/C26H18N2O3S/c1-16-22(29)20-8-5-9-21(24(20)31-23(16)17-6-3-2-4-7-17)25(30)28-19-12-10-18(11-13-19)26-27-14-15-32-26/h2-15H,1H3,(H,28,30). The summed E-state index contributed by atoms with van der Waals surface area (Å²) < 4.78 is 6.15. The zero-order valence-electron chi connectivity index (χ0n) is 17.2. The first-order chi connectivity index (χ1) is 15.6. The minimum atomic E-state index is -0.344. The molecule has 0 spiro atoms. The van der Waals surface area contributed by atoms with E-state index in [4.69, 9.17) is 4.42 Å². The molecule has 0 saturated heterocycles. The van der Waals surface area contributed by atoms with Gasteiger partial charge in [-0.1, -0.05) is 36.4 Å². The molecular weight excluding hydrogens is 420 g/mol. The van der Waals surface area contributed by atoms with Crippen molar-refractivity contribution < 1.29 is 9.21 Å². The van der Waals surface area contributed by atoms with Crippen LogP contribution in [0.3, 0.4) is 0 Å². The molecule has 1 amide bonds. The predicted molar refractivity (Wildman–Crippen MR) is 128 cm³/mol. The highest BCUT2D eigenvalue weighted by Crippen LogP contribution is 2.28. The molecule has 5 nitrogen and oxygen atoms in total. The van der Waals surface area contributed by atoms with Crippen molar-refractivity contribution in [1.29, 1.82) is 0 Å². The Labute approximate surface area is 188 Å². The largest absolute Gasteiger partial charge is 0.455 e. The third kappa shape index (κ3) is 3.61. The molecule has 5 rings (SSSR count). The van der Waals surface area contributed by atoms with Gasteiger partial charge in [-0.3, -0.25) is 9.59 Å². The van der Waals surface area contributed by atoms with Gasteiger partial charge in [0.25, 0.3) is 5.91 Å². The minimum Gasteiger partial charge on any atom is -0.455 e. The number of anilines is 1. The molecule has 0 unspecified atom stereocenters. The lowest BCUT2D eigenvalue weighted by Gasteiger charge is -2.11. The summed E-state index contributed by atoms with van der Waals surface area (Å²) in [6, 6.07) is 21.9. The van der Waals surface area contributed by atoms with Gasteiger partial charge in [0, 0.05) is 34.0 Å². The van der Waals surface area contributed by atoms with Gasteiger partial charge in [0.2, 0.25) is 0 Å². The van der Waals surface area contributed by atoms with Gasteiger partial charge in [-0.2, -0.15) is 0 Å². The molecule has 0 bridgehead atoms. The van der Waals surface area contributed by atoms with E-state index in [1.54, 1.807) is 42.7 Å². The van der Waals surface area contributed by atoms with Crippen LogP contribution >= 0.6 is 11.3 Å². The van der Waals surface area contributed by atoms with Crippen molar-refractivity contribution >= 4 is 33.9 Å². The van der Waals surface area contributed by atoms with Crippen molar-refractivity contribution in [3.05, 3.63) is 106 Å². The Bertz CT molecular complexity index is 1470. The van der Waals surface area contributed by atoms with E-state index >= 15 is 0 Å². The Balaban J connectivity index is 1.53. The summed E-state index contributed by atoms with van der Waals surface area (Å²) in [5, 5.41) is 6.12. The summed E-state index contributed by atoms with van der Waals surface area (Å²) in [5.74, 6) is 0.125. The number of nitrogens with one attached hydrogen (secondary N) is 1. The SMILES string of the molecule is Cc1c(-c2ccccc2)oc2c(C(=O)Nc3ccc(-c4nccs4)cc3)cccc2c1=O. The van der Waals surface area contributed by atoms with E-state index in [0.717, 1.165) is 16.1 Å². The van der Waals surface area contributed by atoms with E-state index in [9.17, 15) is 9.59 Å². The summed E-state index contributed by atoms with van der Waals surface area (Å²) >= 11 is 1.56. The highest BCUT2D eigenvalue weighted by molar-refractivity contribution is 7.13. The molecule has 3 aromatic carbocycles. The number of hydrogen-bond donors (Lipinski definition) is 1. The summed E-state index contributed by atoms with van der Waals surface area (Å²) in [6.07, 6.45) is 1.76. The average Bonchev–Trinajstić information content (AvgIpc) is 3.37. The number of para-hydroxylation sites is 1. The number of aromatic nitrogens is 1. The van der Waals surface area contributed by atoms with Gasteiger partial charge in [-0.05, 0) is 43.3 Å². The van der Waals surface area contributed by atoms with Gasteiger partial charge >= 0.3 is 0 Å². The normalized spacial score (nSPS) is 10.9. The van der Waals surface area contributed by atoms with Crippen molar-refractivity contribution in [1.82, 2.24) is 4.98 Å². The van der Waals surface area contributed by atoms with Crippen LogP contribution in [-0.4, -0.2) is 10.9 Å². The first-order valence-corrected chi connectivity index (χ1v) is 10.9. The Kier molecular flexibility index (Phi) is 5.13. The first kappa shape index (κ1) is 19.9.